The first-order valence-corrected chi connectivity index (χ1v) is 7.10. The van der Waals surface area contributed by atoms with Gasteiger partial charge in [-0.3, -0.25) is 14.9 Å². The number of nitrogens with zero attached hydrogens (tertiary/aromatic N) is 3. The highest BCUT2D eigenvalue weighted by molar-refractivity contribution is 6.32. The Morgan fingerprint density at radius 2 is 2.33 bits per heavy atom. The molecule has 0 radical (unpaired) electrons. The van der Waals surface area contributed by atoms with Crippen molar-refractivity contribution >= 4 is 23.2 Å². The van der Waals surface area contributed by atoms with Crippen LogP contribution in [0.1, 0.15) is 29.6 Å². The van der Waals surface area contributed by atoms with E-state index in [-0.39, 0.29) is 34.3 Å². The third-order valence-corrected chi connectivity index (χ3v) is 4.31. The Kier molecular flexibility index (Phi) is 4.74. The number of amides is 1. The van der Waals surface area contributed by atoms with Gasteiger partial charge in [-0.15, -0.1) is 0 Å². The lowest BCUT2D eigenvalue weighted by molar-refractivity contribution is -0.385. The number of hydrogen-bond donors (Lipinski definition) is 1. The first-order chi connectivity index (χ1) is 9.95. The maximum absolute atomic E-state index is 12.5. The molecule has 8 heteroatoms. The van der Waals surface area contributed by atoms with Gasteiger partial charge in [-0.2, -0.15) is 0 Å². The Morgan fingerprint density at radius 3 is 2.95 bits per heavy atom. The molecule has 1 saturated carbocycles. The summed E-state index contributed by atoms with van der Waals surface area (Å²) in [6, 6.07) is 1.21. The maximum Gasteiger partial charge on any atom is 0.288 e. The van der Waals surface area contributed by atoms with E-state index in [0.29, 0.717) is 6.54 Å². The van der Waals surface area contributed by atoms with Crippen molar-refractivity contribution in [2.45, 2.75) is 25.3 Å². The third kappa shape index (κ3) is 3.14. The fourth-order valence-electron chi connectivity index (χ4n) is 2.83. The number of aromatic nitrogens is 1. The summed E-state index contributed by atoms with van der Waals surface area (Å²) in [6.45, 7) is 0.517. The average Bonchev–Trinajstić information content (AvgIpc) is 2.94. The summed E-state index contributed by atoms with van der Waals surface area (Å²) >= 11 is 5.91. The summed E-state index contributed by atoms with van der Waals surface area (Å²) in [6.07, 6.45) is 3.92. The third-order valence-electron chi connectivity index (χ3n) is 4.01. The van der Waals surface area contributed by atoms with Gasteiger partial charge in [0.2, 0.25) is 0 Å². The van der Waals surface area contributed by atoms with Gasteiger partial charge in [0.05, 0.1) is 10.5 Å². The summed E-state index contributed by atoms with van der Waals surface area (Å²) in [5.41, 5.74) is 5.53. The number of hydrogen-bond acceptors (Lipinski definition) is 5. The van der Waals surface area contributed by atoms with Crippen LogP contribution in [0, 0.1) is 16.0 Å². The van der Waals surface area contributed by atoms with Crippen molar-refractivity contribution in [2.24, 2.45) is 11.7 Å². The lowest BCUT2D eigenvalue weighted by atomic mass is 10.0. The Hall–Kier alpha value is -1.73. The first kappa shape index (κ1) is 15.7. The molecule has 0 aromatic carbocycles. The molecule has 1 amide bonds. The second-order valence-electron chi connectivity index (χ2n) is 5.20. The fourth-order valence-corrected chi connectivity index (χ4v) is 3.01. The first-order valence-electron chi connectivity index (χ1n) is 6.73. The summed E-state index contributed by atoms with van der Waals surface area (Å²) in [4.78, 5) is 28.0. The molecule has 1 aromatic heterocycles. The molecule has 2 unspecified atom stereocenters. The standard InChI is InChI=1S/C13H17ClN4O3/c1-17(11-4-2-3-8(11)6-15)13(19)10-5-9(18(20)21)7-16-12(10)14/h5,7-8,11H,2-4,6,15H2,1H3. The second-order valence-corrected chi connectivity index (χ2v) is 5.56. The van der Waals surface area contributed by atoms with E-state index < -0.39 is 4.92 Å². The molecule has 1 fully saturated rings. The van der Waals surface area contributed by atoms with Crippen LogP contribution in [0.2, 0.25) is 5.15 Å². The molecular weight excluding hydrogens is 296 g/mol. The fraction of sp³-hybridized carbons (Fsp3) is 0.538. The molecule has 2 rings (SSSR count). The van der Waals surface area contributed by atoms with Gasteiger partial charge in [0, 0.05) is 19.2 Å². The van der Waals surface area contributed by atoms with Crippen molar-refractivity contribution in [3.63, 3.8) is 0 Å². The molecular formula is C13H17ClN4O3. The average molecular weight is 313 g/mol. The van der Waals surface area contributed by atoms with E-state index >= 15 is 0 Å². The van der Waals surface area contributed by atoms with Gasteiger partial charge < -0.3 is 10.6 Å². The van der Waals surface area contributed by atoms with E-state index in [1.807, 2.05) is 0 Å². The molecule has 1 aliphatic carbocycles. The van der Waals surface area contributed by atoms with Gasteiger partial charge in [0.15, 0.2) is 0 Å². The summed E-state index contributed by atoms with van der Waals surface area (Å²) in [7, 11) is 1.68. The van der Waals surface area contributed by atoms with Crippen molar-refractivity contribution in [3.8, 4) is 0 Å². The number of carbonyl (C=O) groups is 1. The number of pyridine rings is 1. The van der Waals surface area contributed by atoms with Crippen molar-refractivity contribution in [2.75, 3.05) is 13.6 Å². The predicted octanol–water partition coefficient (Wildman–Crippen LogP) is 1.84. The summed E-state index contributed by atoms with van der Waals surface area (Å²) in [5, 5.41) is 10.8. The van der Waals surface area contributed by atoms with Crippen LogP contribution < -0.4 is 5.73 Å². The minimum Gasteiger partial charge on any atom is -0.338 e. The molecule has 114 valence electrons. The molecule has 0 aliphatic heterocycles. The van der Waals surface area contributed by atoms with E-state index in [1.54, 1.807) is 11.9 Å². The molecule has 0 saturated heterocycles. The highest BCUT2D eigenvalue weighted by Gasteiger charge is 2.33. The van der Waals surface area contributed by atoms with Crippen LogP contribution in [0.15, 0.2) is 12.3 Å². The van der Waals surface area contributed by atoms with Crippen LogP contribution in [0.25, 0.3) is 0 Å². The Labute approximate surface area is 127 Å². The highest BCUT2D eigenvalue weighted by atomic mass is 35.5. The van der Waals surface area contributed by atoms with Gasteiger partial charge in [-0.1, -0.05) is 18.0 Å². The van der Waals surface area contributed by atoms with Crippen LogP contribution >= 0.6 is 11.6 Å². The van der Waals surface area contributed by atoms with Gasteiger partial charge in [-0.05, 0) is 25.3 Å². The van der Waals surface area contributed by atoms with Crippen LogP contribution in [0.4, 0.5) is 5.69 Å². The molecule has 7 nitrogen and oxygen atoms in total. The molecule has 2 N–H and O–H groups in total. The largest absolute Gasteiger partial charge is 0.338 e. The van der Waals surface area contributed by atoms with Crippen LogP contribution in [-0.4, -0.2) is 40.3 Å². The molecule has 1 heterocycles. The molecule has 0 bridgehead atoms. The highest BCUT2D eigenvalue weighted by Crippen LogP contribution is 2.30. The molecule has 1 aromatic rings. The Morgan fingerprint density at radius 1 is 1.62 bits per heavy atom. The Balaban J connectivity index is 2.27. The van der Waals surface area contributed by atoms with E-state index in [1.165, 1.54) is 6.07 Å². The smallest absolute Gasteiger partial charge is 0.288 e. The van der Waals surface area contributed by atoms with Crippen LogP contribution in [0.5, 0.6) is 0 Å². The number of halogens is 1. The molecule has 1 aliphatic rings. The maximum atomic E-state index is 12.5. The monoisotopic (exact) mass is 312 g/mol. The van der Waals surface area contributed by atoms with Gasteiger partial charge in [0.1, 0.15) is 11.3 Å². The Bertz CT molecular complexity index is 566. The van der Waals surface area contributed by atoms with Crippen molar-refractivity contribution in [1.29, 1.82) is 0 Å². The quantitative estimate of drug-likeness (QED) is 0.519. The lowest BCUT2D eigenvalue weighted by Gasteiger charge is -2.29. The molecule has 2 atom stereocenters. The van der Waals surface area contributed by atoms with Gasteiger partial charge in [-0.25, -0.2) is 4.98 Å². The summed E-state index contributed by atoms with van der Waals surface area (Å²) < 4.78 is 0. The van der Waals surface area contributed by atoms with Crippen LogP contribution in [-0.2, 0) is 0 Å². The van der Waals surface area contributed by atoms with Crippen molar-refractivity contribution < 1.29 is 9.72 Å². The van der Waals surface area contributed by atoms with E-state index in [4.69, 9.17) is 17.3 Å². The zero-order chi connectivity index (χ0) is 15.6. The van der Waals surface area contributed by atoms with Gasteiger partial charge >= 0.3 is 0 Å². The zero-order valence-corrected chi connectivity index (χ0v) is 12.4. The van der Waals surface area contributed by atoms with E-state index in [9.17, 15) is 14.9 Å². The van der Waals surface area contributed by atoms with Crippen LogP contribution in [0.3, 0.4) is 0 Å². The predicted molar refractivity (Wildman–Crippen MR) is 78.2 cm³/mol. The number of rotatable bonds is 4. The molecule has 0 spiro atoms. The van der Waals surface area contributed by atoms with Crippen molar-refractivity contribution in [1.82, 2.24) is 9.88 Å². The minimum absolute atomic E-state index is 0.0280. The SMILES string of the molecule is CN(C(=O)c1cc([N+](=O)[O-])cnc1Cl)C1CCCC1CN. The normalized spacial score (nSPS) is 21.3. The topological polar surface area (TPSA) is 102 Å². The second kappa shape index (κ2) is 6.36. The van der Waals surface area contributed by atoms with E-state index in [0.717, 1.165) is 25.5 Å². The van der Waals surface area contributed by atoms with Gasteiger partial charge in [0.25, 0.3) is 11.6 Å². The number of carbonyl (C=O) groups excluding carboxylic acids is 1. The van der Waals surface area contributed by atoms with E-state index in [2.05, 4.69) is 4.98 Å². The number of nitrogens with two attached hydrogens (primary N) is 1. The number of nitro groups is 1. The minimum atomic E-state index is -0.599. The summed E-state index contributed by atoms with van der Waals surface area (Å²) in [5.74, 6) is -0.106. The lowest BCUT2D eigenvalue weighted by Crippen LogP contribution is -2.41. The van der Waals surface area contributed by atoms with Crippen molar-refractivity contribution in [3.05, 3.63) is 33.1 Å². The zero-order valence-electron chi connectivity index (χ0n) is 11.7. The molecule has 21 heavy (non-hydrogen) atoms.